The Kier molecular flexibility index (Phi) is 6.50. The highest BCUT2D eigenvalue weighted by atomic mass is 35.5. The van der Waals surface area contributed by atoms with Crippen LogP contribution in [0.5, 0.6) is 11.8 Å². The number of carbonyl (C=O) groups excluding carboxylic acids is 1. The molecule has 1 spiro atoms. The van der Waals surface area contributed by atoms with E-state index in [0.717, 1.165) is 55.4 Å². The molecule has 0 saturated carbocycles. The van der Waals surface area contributed by atoms with E-state index in [1.807, 2.05) is 6.07 Å². The Hall–Kier alpha value is -2.62. The molecular formula is C24H31ClN4O5. The largest absolute Gasteiger partial charge is 0.492 e. The summed E-state index contributed by atoms with van der Waals surface area (Å²) < 4.78 is 6.32. The molecule has 0 aliphatic carbocycles. The second kappa shape index (κ2) is 9.56. The lowest BCUT2D eigenvalue weighted by Crippen LogP contribution is -2.50. The van der Waals surface area contributed by atoms with Crippen LogP contribution in [0.3, 0.4) is 0 Å². The lowest BCUT2D eigenvalue weighted by molar-refractivity contribution is 0.0254. The summed E-state index contributed by atoms with van der Waals surface area (Å²) >= 11 is 6.39. The molecular weight excluding hydrogens is 460 g/mol. The number of amides is 1. The third-order valence-electron chi connectivity index (χ3n) is 7.37. The van der Waals surface area contributed by atoms with Crippen molar-refractivity contribution in [2.24, 2.45) is 5.41 Å². The fourth-order valence-electron chi connectivity index (χ4n) is 5.28. The van der Waals surface area contributed by atoms with Gasteiger partial charge in [-0.25, -0.2) is 4.79 Å². The van der Waals surface area contributed by atoms with Gasteiger partial charge in [0.05, 0.1) is 0 Å². The normalized spacial score (nSPS) is 20.7. The van der Waals surface area contributed by atoms with Crippen LogP contribution in [0, 0.1) is 5.41 Å². The molecule has 3 saturated heterocycles. The highest BCUT2D eigenvalue weighted by Gasteiger charge is 2.40. The fourth-order valence-corrected chi connectivity index (χ4v) is 5.45. The maximum absolute atomic E-state index is 12.5. The van der Waals surface area contributed by atoms with E-state index in [0.29, 0.717) is 31.6 Å². The molecule has 5 rings (SSSR count). The highest BCUT2D eigenvalue weighted by Crippen LogP contribution is 2.42. The number of aromatic hydroxyl groups is 2. The second-order valence-corrected chi connectivity index (χ2v) is 9.96. The molecule has 3 fully saturated rings. The zero-order valence-electron chi connectivity index (χ0n) is 19.2. The van der Waals surface area contributed by atoms with Gasteiger partial charge in [0.2, 0.25) is 11.8 Å². The minimum absolute atomic E-state index is 0.329. The van der Waals surface area contributed by atoms with Crippen LogP contribution < -0.4 is 9.74 Å². The maximum Gasteiger partial charge on any atom is 0.434 e. The van der Waals surface area contributed by atoms with Crippen molar-refractivity contribution in [2.75, 3.05) is 57.4 Å². The van der Waals surface area contributed by atoms with Crippen molar-refractivity contribution in [3.8, 4) is 11.8 Å². The van der Waals surface area contributed by atoms with Crippen LogP contribution in [0.1, 0.15) is 24.8 Å². The summed E-state index contributed by atoms with van der Waals surface area (Å²) in [7, 11) is 0. The van der Waals surface area contributed by atoms with Crippen molar-refractivity contribution in [1.82, 2.24) is 14.5 Å². The van der Waals surface area contributed by atoms with Gasteiger partial charge in [0.1, 0.15) is 0 Å². The molecule has 1 aromatic heterocycles. The monoisotopic (exact) mass is 490 g/mol. The van der Waals surface area contributed by atoms with Crippen molar-refractivity contribution in [1.29, 1.82) is 0 Å². The van der Waals surface area contributed by atoms with Crippen LogP contribution in [-0.4, -0.2) is 83.3 Å². The van der Waals surface area contributed by atoms with Gasteiger partial charge >= 0.3 is 6.09 Å². The van der Waals surface area contributed by atoms with E-state index in [2.05, 4.69) is 21.9 Å². The fraction of sp³-hybridized carbons (Fsp3) is 0.542. The highest BCUT2D eigenvalue weighted by molar-refractivity contribution is 6.30. The summed E-state index contributed by atoms with van der Waals surface area (Å²) in [6.45, 7) is 6.95. The van der Waals surface area contributed by atoms with Crippen LogP contribution in [0.2, 0.25) is 5.02 Å². The number of anilines is 1. The third-order valence-corrected chi connectivity index (χ3v) is 7.61. The van der Waals surface area contributed by atoms with E-state index in [1.165, 1.54) is 29.8 Å². The van der Waals surface area contributed by atoms with E-state index in [1.54, 1.807) is 4.90 Å². The molecule has 1 aromatic carbocycles. The second-order valence-electron chi connectivity index (χ2n) is 9.52. The molecule has 9 nitrogen and oxygen atoms in total. The summed E-state index contributed by atoms with van der Waals surface area (Å²) in [5.41, 5.74) is 2.80. The molecule has 34 heavy (non-hydrogen) atoms. The summed E-state index contributed by atoms with van der Waals surface area (Å²) in [5.74, 6) is -0.659. The van der Waals surface area contributed by atoms with Gasteiger partial charge in [0, 0.05) is 81.9 Å². The lowest BCUT2D eigenvalue weighted by Gasteiger charge is -2.35. The maximum atomic E-state index is 12.5. The number of halogens is 1. The van der Waals surface area contributed by atoms with Crippen LogP contribution in [0.4, 0.5) is 10.5 Å². The van der Waals surface area contributed by atoms with Crippen LogP contribution in [0.15, 0.2) is 30.3 Å². The summed E-state index contributed by atoms with van der Waals surface area (Å²) in [5, 5.41) is 20.1. The predicted molar refractivity (Wildman–Crippen MR) is 127 cm³/mol. The Morgan fingerprint density at radius 3 is 2.41 bits per heavy atom. The number of nitrogens with zero attached hydrogens (tertiary/aromatic N) is 4. The van der Waals surface area contributed by atoms with Crippen LogP contribution in [-0.2, 0) is 11.3 Å². The topological polar surface area (TPSA) is 90.6 Å². The van der Waals surface area contributed by atoms with Gasteiger partial charge in [0.15, 0.2) is 0 Å². The first-order chi connectivity index (χ1) is 16.4. The Morgan fingerprint density at radius 2 is 1.71 bits per heavy atom. The molecule has 2 N–H and O–H groups in total. The quantitative estimate of drug-likeness (QED) is 0.681. The van der Waals surface area contributed by atoms with Gasteiger partial charge in [-0.2, -0.15) is 0 Å². The average Bonchev–Trinajstić information content (AvgIpc) is 3.39. The van der Waals surface area contributed by atoms with Crippen molar-refractivity contribution >= 4 is 23.4 Å². The van der Waals surface area contributed by atoms with Crippen molar-refractivity contribution in [3.05, 3.63) is 40.9 Å². The number of ether oxygens (including phenoxy) is 1. The lowest BCUT2D eigenvalue weighted by atomic mass is 9.80. The summed E-state index contributed by atoms with van der Waals surface area (Å²) in [6.07, 6.45) is 2.83. The Bertz CT molecular complexity index is 1010. The van der Waals surface area contributed by atoms with Crippen LogP contribution in [0.25, 0.3) is 0 Å². The van der Waals surface area contributed by atoms with Gasteiger partial charge in [0.25, 0.3) is 0 Å². The van der Waals surface area contributed by atoms with Gasteiger partial charge in [-0.3, -0.25) is 4.90 Å². The number of piperazine rings is 1. The van der Waals surface area contributed by atoms with Gasteiger partial charge in [-0.05, 0) is 42.4 Å². The van der Waals surface area contributed by atoms with Gasteiger partial charge < -0.3 is 29.6 Å². The first-order valence-electron chi connectivity index (χ1n) is 11.8. The van der Waals surface area contributed by atoms with Crippen LogP contribution >= 0.6 is 11.6 Å². The Balaban J connectivity index is 1.20. The molecule has 3 aliphatic rings. The SMILES string of the molecule is O=C(On1c(O)ccc1O)N1CCN(Cc2ccc(Cl)cc2N2CCC3(CCOCC3)C2)CC1. The number of hydrogen-bond acceptors (Lipinski definition) is 7. The molecule has 1 amide bonds. The summed E-state index contributed by atoms with van der Waals surface area (Å²) in [6, 6.07) is 8.66. The summed E-state index contributed by atoms with van der Waals surface area (Å²) in [4.78, 5) is 24.0. The molecule has 0 radical (unpaired) electrons. The van der Waals surface area contributed by atoms with E-state index < -0.39 is 6.09 Å². The van der Waals surface area contributed by atoms with Gasteiger partial charge in [-0.15, -0.1) is 4.73 Å². The van der Waals surface area contributed by atoms with E-state index in [4.69, 9.17) is 21.2 Å². The first-order valence-corrected chi connectivity index (χ1v) is 12.2. The molecule has 0 unspecified atom stereocenters. The van der Waals surface area contributed by atoms with E-state index in [-0.39, 0.29) is 11.8 Å². The number of hydrogen-bond donors (Lipinski definition) is 2. The predicted octanol–water partition coefficient (Wildman–Crippen LogP) is 2.93. The molecule has 10 heteroatoms. The minimum atomic E-state index is -0.604. The minimum Gasteiger partial charge on any atom is -0.492 e. The zero-order valence-corrected chi connectivity index (χ0v) is 19.9. The molecule has 184 valence electrons. The van der Waals surface area contributed by atoms with Crippen molar-refractivity contribution in [3.63, 3.8) is 0 Å². The molecule has 0 bridgehead atoms. The number of carbonyl (C=O) groups is 1. The van der Waals surface area contributed by atoms with E-state index in [9.17, 15) is 15.0 Å². The number of benzene rings is 1. The standard InChI is InChI=1S/C24H31ClN4O5/c25-19-2-1-18(20(15-19)28-8-5-24(17-28)6-13-33-14-7-24)16-26-9-11-27(12-10-26)23(32)34-29-21(30)3-4-22(29)31/h1-4,15,30-31H,5-14,16-17H2. The Labute approximate surface area is 204 Å². The smallest absolute Gasteiger partial charge is 0.434 e. The van der Waals surface area contributed by atoms with Crippen molar-refractivity contribution < 1.29 is 24.6 Å². The molecule has 2 aromatic rings. The number of aromatic nitrogens is 1. The first kappa shape index (κ1) is 23.1. The molecule has 4 heterocycles. The van der Waals surface area contributed by atoms with Gasteiger partial charge in [-0.1, -0.05) is 17.7 Å². The number of rotatable bonds is 4. The third kappa shape index (κ3) is 4.78. The molecule has 0 atom stereocenters. The Morgan fingerprint density at radius 1 is 1.00 bits per heavy atom. The van der Waals surface area contributed by atoms with E-state index >= 15 is 0 Å². The zero-order chi connectivity index (χ0) is 23.7. The molecule has 3 aliphatic heterocycles. The average molecular weight is 491 g/mol. The van der Waals surface area contributed by atoms with Crippen molar-refractivity contribution in [2.45, 2.75) is 25.8 Å².